The standard InChI is InChI=1S/C10H15ClN2/c11-9-5-3-8(4-6-9)10(13)2-1-7-12/h3-6,10H,1-2,7,12-13H2. The van der Waals surface area contributed by atoms with Crippen molar-refractivity contribution in [3.63, 3.8) is 0 Å². The lowest BCUT2D eigenvalue weighted by Crippen LogP contribution is -2.12. The first-order valence-electron chi connectivity index (χ1n) is 4.45. The van der Waals surface area contributed by atoms with Gasteiger partial charge in [-0.3, -0.25) is 0 Å². The van der Waals surface area contributed by atoms with Crippen molar-refractivity contribution in [2.45, 2.75) is 18.9 Å². The molecule has 0 aromatic heterocycles. The van der Waals surface area contributed by atoms with E-state index in [0.717, 1.165) is 23.4 Å². The fourth-order valence-corrected chi connectivity index (χ4v) is 1.34. The molecule has 0 radical (unpaired) electrons. The van der Waals surface area contributed by atoms with Gasteiger partial charge in [0.25, 0.3) is 0 Å². The smallest absolute Gasteiger partial charge is 0.0406 e. The predicted molar refractivity (Wildman–Crippen MR) is 56.7 cm³/mol. The fourth-order valence-electron chi connectivity index (χ4n) is 1.21. The Labute approximate surface area is 83.9 Å². The van der Waals surface area contributed by atoms with Crippen LogP contribution < -0.4 is 11.5 Å². The van der Waals surface area contributed by atoms with Gasteiger partial charge in [-0.2, -0.15) is 0 Å². The molecule has 2 nitrogen and oxygen atoms in total. The molecule has 4 N–H and O–H groups in total. The second-order valence-corrected chi connectivity index (χ2v) is 3.53. The first-order chi connectivity index (χ1) is 6.24. The molecule has 0 bridgehead atoms. The molecule has 13 heavy (non-hydrogen) atoms. The molecule has 1 rings (SSSR count). The van der Waals surface area contributed by atoms with E-state index in [4.69, 9.17) is 23.1 Å². The van der Waals surface area contributed by atoms with Crippen LogP contribution in [0.5, 0.6) is 0 Å². The zero-order valence-corrected chi connectivity index (χ0v) is 8.30. The summed E-state index contributed by atoms with van der Waals surface area (Å²) in [5.74, 6) is 0. The average molecular weight is 199 g/mol. The molecule has 0 saturated carbocycles. The van der Waals surface area contributed by atoms with Gasteiger partial charge in [-0.15, -0.1) is 0 Å². The highest BCUT2D eigenvalue weighted by atomic mass is 35.5. The molecular formula is C10H15ClN2. The summed E-state index contributed by atoms with van der Waals surface area (Å²) in [5, 5.41) is 0.745. The zero-order chi connectivity index (χ0) is 9.68. The molecule has 72 valence electrons. The number of halogens is 1. The van der Waals surface area contributed by atoms with E-state index < -0.39 is 0 Å². The van der Waals surface area contributed by atoms with Crippen molar-refractivity contribution in [2.24, 2.45) is 11.5 Å². The first-order valence-corrected chi connectivity index (χ1v) is 4.83. The minimum atomic E-state index is 0.0841. The minimum absolute atomic E-state index is 0.0841. The van der Waals surface area contributed by atoms with Crippen molar-refractivity contribution in [1.82, 2.24) is 0 Å². The Morgan fingerprint density at radius 3 is 2.38 bits per heavy atom. The van der Waals surface area contributed by atoms with Gasteiger partial charge in [0.2, 0.25) is 0 Å². The van der Waals surface area contributed by atoms with E-state index >= 15 is 0 Å². The molecule has 0 heterocycles. The van der Waals surface area contributed by atoms with Crippen LogP contribution in [0.15, 0.2) is 24.3 Å². The molecule has 0 aliphatic carbocycles. The molecule has 1 aromatic carbocycles. The quantitative estimate of drug-likeness (QED) is 0.779. The first kappa shape index (κ1) is 10.5. The molecule has 1 aromatic rings. The SMILES string of the molecule is NCCCC(N)c1ccc(Cl)cc1. The number of benzene rings is 1. The van der Waals surface area contributed by atoms with Gasteiger partial charge < -0.3 is 11.5 Å². The van der Waals surface area contributed by atoms with Crippen LogP contribution in [0.25, 0.3) is 0 Å². The monoisotopic (exact) mass is 198 g/mol. The maximum Gasteiger partial charge on any atom is 0.0406 e. The average Bonchev–Trinajstić information content (AvgIpc) is 2.15. The van der Waals surface area contributed by atoms with Crippen molar-refractivity contribution >= 4 is 11.6 Å². The number of hydrogen-bond acceptors (Lipinski definition) is 2. The van der Waals surface area contributed by atoms with Crippen LogP contribution >= 0.6 is 11.6 Å². The van der Waals surface area contributed by atoms with Gasteiger partial charge in [-0.25, -0.2) is 0 Å². The van der Waals surface area contributed by atoms with Crippen LogP contribution in [-0.4, -0.2) is 6.54 Å². The molecule has 1 atom stereocenters. The van der Waals surface area contributed by atoms with Gasteiger partial charge in [-0.05, 0) is 37.1 Å². The maximum atomic E-state index is 5.93. The van der Waals surface area contributed by atoms with Gasteiger partial charge in [0, 0.05) is 11.1 Å². The van der Waals surface area contributed by atoms with E-state index in [2.05, 4.69) is 0 Å². The van der Waals surface area contributed by atoms with E-state index in [1.807, 2.05) is 24.3 Å². The summed E-state index contributed by atoms with van der Waals surface area (Å²) < 4.78 is 0. The van der Waals surface area contributed by atoms with Crippen molar-refractivity contribution in [2.75, 3.05) is 6.54 Å². The second-order valence-electron chi connectivity index (χ2n) is 3.09. The molecule has 1 unspecified atom stereocenters. The largest absolute Gasteiger partial charge is 0.330 e. The van der Waals surface area contributed by atoms with Gasteiger partial charge in [0.05, 0.1) is 0 Å². The summed E-state index contributed by atoms with van der Waals surface area (Å²) in [6.45, 7) is 0.696. The molecule has 0 fully saturated rings. The molecule has 0 amide bonds. The molecule has 3 heteroatoms. The van der Waals surface area contributed by atoms with Gasteiger partial charge >= 0.3 is 0 Å². The molecule has 0 saturated heterocycles. The zero-order valence-electron chi connectivity index (χ0n) is 7.54. The summed E-state index contributed by atoms with van der Waals surface area (Å²) in [5.41, 5.74) is 12.5. The van der Waals surface area contributed by atoms with Crippen molar-refractivity contribution < 1.29 is 0 Å². The predicted octanol–water partition coefficient (Wildman–Crippen LogP) is 2.08. The lowest BCUT2D eigenvalue weighted by molar-refractivity contribution is 0.618. The van der Waals surface area contributed by atoms with Crippen LogP contribution in [0.1, 0.15) is 24.4 Å². The lowest BCUT2D eigenvalue weighted by Gasteiger charge is -2.10. The minimum Gasteiger partial charge on any atom is -0.330 e. The van der Waals surface area contributed by atoms with Gasteiger partial charge in [-0.1, -0.05) is 23.7 Å². The Bertz CT molecular complexity index is 246. The molecular weight excluding hydrogens is 184 g/mol. The van der Waals surface area contributed by atoms with E-state index in [1.165, 1.54) is 0 Å². The Balaban J connectivity index is 2.55. The van der Waals surface area contributed by atoms with E-state index in [0.29, 0.717) is 6.54 Å². The highest BCUT2D eigenvalue weighted by molar-refractivity contribution is 6.30. The Hall–Kier alpha value is -0.570. The third-order valence-corrected chi connectivity index (χ3v) is 2.27. The van der Waals surface area contributed by atoms with Crippen molar-refractivity contribution in [1.29, 1.82) is 0 Å². The van der Waals surface area contributed by atoms with Crippen LogP contribution in [0.3, 0.4) is 0 Å². The van der Waals surface area contributed by atoms with Crippen LogP contribution in [0.4, 0.5) is 0 Å². The van der Waals surface area contributed by atoms with Gasteiger partial charge in [0.15, 0.2) is 0 Å². The van der Waals surface area contributed by atoms with Gasteiger partial charge in [0.1, 0.15) is 0 Å². The molecule has 0 aliphatic rings. The summed E-state index contributed by atoms with van der Waals surface area (Å²) in [6.07, 6.45) is 1.89. The van der Waals surface area contributed by atoms with E-state index in [9.17, 15) is 0 Å². The van der Waals surface area contributed by atoms with Crippen LogP contribution in [0, 0.1) is 0 Å². The van der Waals surface area contributed by atoms with E-state index in [1.54, 1.807) is 0 Å². The Morgan fingerprint density at radius 1 is 1.23 bits per heavy atom. The Kier molecular flexibility index (Phi) is 4.22. The van der Waals surface area contributed by atoms with Crippen LogP contribution in [-0.2, 0) is 0 Å². The van der Waals surface area contributed by atoms with E-state index in [-0.39, 0.29) is 6.04 Å². The highest BCUT2D eigenvalue weighted by Crippen LogP contribution is 2.17. The Morgan fingerprint density at radius 2 is 1.85 bits per heavy atom. The van der Waals surface area contributed by atoms with Crippen LogP contribution in [0.2, 0.25) is 5.02 Å². The summed E-state index contributed by atoms with van der Waals surface area (Å²) >= 11 is 5.76. The van der Waals surface area contributed by atoms with Crippen molar-refractivity contribution in [3.05, 3.63) is 34.9 Å². The summed E-state index contributed by atoms with van der Waals surface area (Å²) in [6, 6.07) is 7.73. The third-order valence-electron chi connectivity index (χ3n) is 2.02. The molecule has 0 aliphatic heterocycles. The number of hydrogen-bond donors (Lipinski definition) is 2. The lowest BCUT2D eigenvalue weighted by atomic mass is 10.0. The molecule has 0 spiro atoms. The second kappa shape index (κ2) is 5.22. The topological polar surface area (TPSA) is 52.0 Å². The normalized spacial score (nSPS) is 12.8. The highest BCUT2D eigenvalue weighted by Gasteiger charge is 2.04. The maximum absolute atomic E-state index is 5.93. The third kappa shape index (κ3) is 3.35. The summed E-state index contributed by atoms with van der Waals surface area (Å²) in [4.78, 5) is 0. The number of nitrogens with two attached hydrogens (primary N) is 2. The van der Waals surface area contributed by atoms with Crippen molar-refractivity contribution in [3.8, 4) is 0 Å². The summed E-state index contributed by atoms with van der Waals surface area (Å²) in [7, 11) is 0. The fraction of sp³-hybridized carbons (Fsp3) is 0.400. The number of rotatable bonds is 4.